The van der Waals surface area contributed by atoms with Crippen LogP contribution in [0.2, 0.25) is 0 Å². The molecule has 0 spiro atoms. The second-order valence-corrected chi connectivity index (χ2v) is 6.63. The number of aryl methyl sites for hydroxylation is 3. The van der Waals surface area contributed by atoms with E-state index in [0.29, 0.717) is 12.0 Å². The topological polar surface area (TPSA) is 37.3 Å². The molecule has 0 amide bonds. The van der Waals surface area contributed by atoms with Gasteiger partial charge >= 0.3 is 5.97 Å². The highest BCUT2D eigenvalue weighted by atomic mass is 16.4. The van der Waals surface area contributed by atoms with Crippen LogP contribution in [0.5, 0.6) is 0 Å². The van der Waals surface area contributed by atoms with Crippen molar-refractivity contribution < 1.29 is 9.90 Å². The number of carboxylic acids is 1. The van der Waals surface area contributed by atoms with Crippen LogP contribution in [0, 0.1) is 0 Å². The number of aliphatic carboxylic acids is 1. The van der Waals surface area contributed by atoms with Gasteiger partial charge in [0.1, 0.15) is 0 Å². The second kappa shape index (κ2) is 10.5. The monoisotopic (exact) mass is 336 g/mol. The predicted octanol–water partition coefficient (Wildman–Crippen LogP) is 5.61. The molecule has 2 rings (SSSR count). The number of carboxylic acid groups (broad SMARTS) is 1. The third kappa shape index (κ3) is 7.38. The highest BCUT2D eigenvalue weighted by molar-refractivity contribution is 5.85. The van der Waals surface area contributed by atoms with Crippen molar-refractivity contribution in [2.75, 3.05) is 0 Å². The third-order valence-corrected chi connectivity index (χ3v) is 4.54. The Morgan fingerprint density at radius 3 is 1.64 bits per heavy atom. The van der Waals surface area contributed by atoms with E-state index in [4.69, 9.17) is 5.11 Å². The molecule has 0 aliphatic heterocycles. The fourth-order valence-corrected chi connectivity index (χ4v) is 2.95. The lowest BCUT2D eigenvalue weighted by molar-refractivity contribution is -0.132. The highest BCUT2D eigenvalue weighted by Crippen LogP contribution is 2.13. The van der Waals surface area contributed by atoms with Gasteiger partial charge in [0.15, 0.2) is 0 Å². The quantitative estimate of drug-likeness (QED) is 0.428. The van der Waals surface area contributed by atoms with Crippen molar-refractivity contribution in [1.29, 1.82) is 0 Å². The van der Waals surface area contributed by atoms with Crippen LogP contribution in [0.3, 0.4) is 0 Å². The molecule has 0 fully saturated rings. The lowest BCUT2D eigenvalue weighted by atomic mass is 10.0. The van der Waals surface area contributed by atoms with Gasteiger partial charge in [0.2, 0.25) is 0 Å². The lowest BCUT2D eigenvalue weighted by Gasteiger charge is -2.05. The lowest BCUT2D eigenvalue weighted by Crippen LogP contribution is -1.98. The first kappa shape index (κ1) is 19.0. The molecule has 132 valence electrons. The molecule has 0 bridgehead atoms. The number of hydrogen-bond acceptors (Lipinski definition) is 1. The largest absolute Gasteiger partial charge is 0.478 e. The first-order valence-electron chi connectivity index (χ1n) is 9.18. The molecule has 0 aliphatic carbocycles. The summed E-state index contributed by atoms with van der Waals surface area (Å²) in [7, 11) is 0. The fourth-order valence-electron chi connectivity index (χ4n) is 2.95. The number of rotatable bonds is 11. The summed E-state index contributed by atoms with van der Waals surface area (Å²) in [6.45, 7) is 3.57. The number of carbonyl (C=O) groups is 1. The Hall–Kier alpha value is -2.35. The molecule has 0 aliphatic rings. The first-order chi connectivity index (χ1) is 12.1. The molecule has 0 heterocycles. The molecule has 0 atom stereocenters. The highest BCUT2D eigenvalue weighted by Gasteiger charge is 2.03. The molecule has 2 aromatic rings. The molecule has 25 heavy (non-hydrogen) atoms. The number of benzene rings is 2. The molecule has 0 saturated carbocycles. The summed E-state index contributed by atoms with van der Waals surface area (Å²) in [4.78, 5) is 10.7. The van der Waals surface area contributed by atoms with E-state index in [1.165, 1.54) is 29.5 Å². The van der Waals surface area contributed by atoms with Crippen LogP contribution in [-0.4, -0.2) is 11.1 Å². The van der Waals surface area contributed by atoms with Gasteiger partial charge in [-0.1, -0.05) is 61.2 Å². The Bertz CT molecular complexity index is 656. The minimum absolute atomic E-state index is 0.311. The number of unbranched alkanes of at least 4 members (excludes halogenated alkanes) is 2. The van der Waals surface area contributed by atoms with E-state index in [9.17, 15) is 4.79 Å². The van der Waals surface area contributed by atoms with Gasteiger partial charge in [-0.15, -0.1) is 0 Å². The molecule has 2 nitrogen and oxygen atoms in total. The summed E-state index contributed by atoms with van der Waals surface area (Å²) in [5.41, 5.74) is 4.46. The summed E-state index contributed by atoms with van der Waals surface area (Å²) in [5.74, 6) is -0.878. The van der Waals surface area contributed by atoms with E-state index in [1.54, 1.807) is 0 Å². The summed E-state index contributed by atoms with van der Waals surface area (Å²) in [6, 6.07) is 19.5. The molecule has 0 saturated heterocycles. The van der Waals surface area contributed by atoms with Crippen molar-refractivity contribution in [2.24, 2.45) is 0 Å². The molecule has 0 radical (unpaired) electrons. The molecule has 1 N–H and O–H groups in total. The van der Waals surface area contributed by atoms with Crippen LogP contribution in [0.25, 0.3) is 0 Å². The van der Waals surface area contributed by atoms with Crippen molar-refractivity contribution in [1.82, 2.24) is 0 Å². The molecule has 2 aromatic carbocycles. The van der Waals surface area contributed by atoms with Gasteiger partial charge in [0.25, 0.3) is 0 Å². The molecule has 2 heteroatoms. The standard InChI is InChI=1S/C23H28O2/c1-19(23(24)25)9-5-6-13-21-15-17-22(18-16-21)14-8-7-12-20-10-3-2-4-11-20/h2-4,10-11,15-18H,1,5-9,12-14H2,(H,24,25). The zero-order valence-electron chi connectivity index (χ0n) is 14.9. The van der Waals surface area contributed by atoms with Gasteiger partial charge in [-0.2, -0.15) is 0 Å². The maximum atomic E-state index is 10.7. The van der Waals surface area contributed by atoms with Crippen LogP contribution in [0.15, 0.2) is 66.7 Å². The zero-order chi connectivity index (χ0) is 17.9. The van der Waals surface area contributed by atoms with E-state index in [-0.39, 0.29) is 0 Å². The van der Waals surface area contributed by atoms with Gasteiger partial charge in [-0.3, -0.25) is 0 Å². The van der Waals surface area contributed by atoms with E-state index in [0.717, 1.165) is 32.1 Å². The molecule has 0 unspecified atom stereocenters. The van der Waals surface area contributed by atoms with Crippen molar-refractivity contribution in [3.8, 4) is 0 Å². The fraction of sp³-hybridized carbons (Fsp3) is 0.348. The Morgan fingerprint density at radius 2 is 1.16 bits per heavy atom. The third-order valence-electron chi connectivity index (χ3n) is 4.54. The molecular formula is C23H28O2. The van der Waals surface area contributed by atoms with Crippen molar-refractivity contribution in [2.45, 2.75) is 51.4 Å². The Morgan fingerprint density at radius 1 is 0.720 bits per heavy atom. The number of hydrogen-bond donors (Lipinski definition) is 1. The summed E-state index contributed by atoms with van der Waals surface area (Å²) in [6.07, 6.45) is 8.18. The SMILES string of the molecule is C=C(CCCCc1ccc(CCCCc2ccccc2)cc1)C(=O)O. The van der Waals surface area contributed by atoms with Crippen LogP contribution in [-0.2, 0) is 24.1 Å². The summed E-state index contributed by atoms with van der Waals surface area (Å²) in [5, 5.41) is 8.78. The van der Waals surface area contributed by atoms with Gasteiger partial charge < -0.3 is 5.11 Å². The Labute approximate surface area is 151 Å². The van der Waals surface area contributed by atoms with Gasteiger partial charge in [0.05, 0.1) is 0 Å². The normalized spacial score (nSPS) is 10.6. The first-order valence-corrected chi connectivity index (χ1v) is 9.18. The average molecular weight is 336 g/mol. The van der Waals surface area contributed by atoms with Crippen molar-refractivity contribution in [3.05, 3.63) is 83.4 Å². The van der Waals surface area contributed by atoms with Crippen molar-refractivity contribution >= 4 is 5.97 Å². The van der Waals surface area contributed by atoms with Crippen LogP contribution in [0.4, 0.5) is 0 Å². The minimum Gasteiger partial charge on any atom is -0.478 e. The Kier molecular flexibility index (Phi) is 7.97. The smallest absolute Gasteiger partial charge is 0.330 e. The maximum Gasteiger partial charge on any atom is 0.330 e. The van der Waals surface area contributed by atoms with Crippen molar-refractivity contribution in [3.63, 3.8) is 0 Å². The maximum absolute atomic E-state index is 10.7. The molecular weight excluding hydrogens is 308 g/mol. The predicted molar refractivity (Wildman–Crippen MR) is 104 cm³/mol. The minimum atomic E-state index is -0.878. The molecule has 0 aromatic heterocycles. The summed E-state index contributed by atoms with van der Waals surface area (Å²) >= 11 is 0. The summed E-state index contributed by atoms with van der Waals surface area (Å²) < 4.78 is 0. The van der Waals surface area contributed by atoms with Crippen LogP contribution in [0.1, 0.15) is 48.8 Å². The van der Waals surface area contributed by atoms with E-state index >= 15 is 0 Å². The van der Waals surface area contributed by atoms with E-state index < -0.39 is 5.97 Å². The van der Waals surface area contributed by atoms with Crippen LogP contribution >= 0.6 is 0 Å². The Balaban J connectivity index is 1.62. The van der Waals surface area contributed by atoms with Gasteiger partial charge in [-0.05, 0) is 68.1 Å². The van der Waals surface area contributed by atoms with Gasteiger partial charge in [0, 0.05) is 5.57 Å². The average Bonchev–Trinajstić information content (AvgIpc) is 2.64. The second-order valence-electron chi connectivity index (χ2n) is 6.63. The van der Waals surface area contributed by atoms with E-state index in [1.807, 2.05) is 0 Å². The van der Waals surface area contributed by atoms with Gasteiger partial charge in [-0.25, -0.2) is 4.79 Å². The van der Waals surface area contributed by atoms with E-state index in [2.05, 4.69) is 61.2 Å². The van der Waals surface area contributed by atoms with Crippen LogP contribution < -0.4 is 0 Å². The zero-order valence-corrected chi connectivity index (χ0v) is 14.9.